The number of pyridine rings is 1. The van der Waals surface area contributed by atoms with Crippen molar-refractivity contribution in [3.63, 3.8) is 0 Å². The van der Waals surface area contributed by atoms with Crippen molar-refractivity contribution < 1.29 is 9.90 Å². The number of aromatic nitrogens is 1. The molecule has 2 N–H and O–H groups in total. The molecular weight excluding hydrogens is 230 g/mol. The summed E-state index contributed by atoms with van der Waals surface area (Å²) < 4.78 is 0. The average molecular weight is 249 g/mol. The highest BCUT2D eigenvalue weighted by atomic mass is 16.3. The number of carbonyl (C=O) groups excluding carboxylic acids is 1. The molecule has 1 saturated heterocycles. The number of nitrogens with zero attached hydrogens (tertiary/aromatic N) is 2. The van der Waals surface area contributed by atoms with Gasteiger partial charge in [-0.05, 0) is 31.9 Å². The smallest absolute Gasteiger partial charge is 0.257 e. The largest absolute Gasteiger partial charge is 0.394 e. The molecule has 0 bridgehead atoms. The maximum Gasteiger partial charge on any atom is 0.257 e. The third kappa shape index (κ3) is 2.46. The Hall–Kier alpha value is -1.62. The van der Waals surface area contributed by atoms with Gasteiger partial charge in [0.2, 0.25) is 0 Å². The second-order valence-electron chi connectivity index (χ2n) is 4.41. The topological polar surface area (TPSA) is 65.5 Å². The van der Waals surface area contributed by atoms with Crippen LogP contribution in [0.2, 0.25) is 0 Å². The number of rotatable bonds is 4. The highest BCUT2D eigenvalue weighted by Gasteiger charge is 2.30. The van der Waals surface area contributed by atoms with Gasteiger partial charge in [-0.1, -0.05) is 0 Å². The molecule has 2 rings (SSSR count). The summed E-state index contributed by atoms with van der Waals surface area (Å²) >= 11 is 0. The van der Waals surface area contributed by atoms with Crippen molar-refractivity contribution in [1.82, 2.24) is 9.88 Å². The molecule has 1 atom stereocenters. The zero-order valence-electron chi connectivity index (χ0n) is 10.6. The highest BCUT2D eigenvalue weighted by Crippen LogP contribution is 2.22. The van der Waals surface area contributed by atoms with Gasteiger partial charge in [-0.3, -0.25) is 4.79 Å². The molecule has 0 aliphatic carbocycles. The summed E-state index contributed by atoms with van der Waals surface area (Å²) in [6.45, 7) is 3.43. The van der Waals surface area contributed by atoms with Gasteiger partial charge >= 0.3 is 0 Å². The first-order chi connectivity index (χ1) is 8.77. The normalized spacial score (nSPS) is 19.0. The van der Waals surface area contributed by atoms with E-state index in [1.165, 1.54) is 0 Å². The Balaban J connectivity index is 2.22. The van der Waals surface area contributed by atoms with E-state index in [4.69, 9.17) is 0 Å². The van der Waals surface area contributed by atoms with Gasteiger partial charge < -0.3 is 15.3 Å². The Labute approximate surface area is 107 Å². The molecule has 1 aromatic rings. The van der Waals surface area contributed by atoms with E-state index in [0.29, 0.717) is 17.9 Å². The van der Waals surface area contributed by atoms with E-state index in [1.54, 1.807) is 23.2 Å². The van der Waals surface area contributed by atoms with Crippen molar-refractivity contribution in [2.75, 3.05) is 25.0 Å². The molecule has 0 radical (unpaired) electrons. The molecule has 0 saturated carbocycles. The molecule has 2 heterocycles. The minimum Gasteiger partial charge on any atom is -0.394 e. The zero-order chi connectivity index (χ0) is 13.0. The molecule has 18 heavy (non-hydrogen) atoms. The Bertz CT molecular complexity index is 422. The molecule has 1 unspecified atom stereocenters. The number of carbonyl (C=O) groups is 1. The van der Waals surface area contributed by atoms with Crippen LogP contribution in [0, 0.1) is 0 Å². The van der Waals surface area contributed by atoms with Gasteiger partial charge in [0.15, 0.2) is 0 Å². The van der Waals surface area contributed by atoms with Gasteiger partial charge in [-0.2, -0.15) is 0 Å². The predicted octanol–water partition coefficient (Wildman–Crippen LogP) is 1.11. The van der Waals surface area contributed by atoms with E-state index in [1.807, 2.05) is 6.92 Å². The molecule has 1 aliphatic heterocycles. The van der Waals surface area contributed by atoms with E-state index < -0.39 is 0 Å². The van der Waals surface area contributed by atoms with Gasteiger partial charge in [0, 0.05) is 19.3 Å². The summed E-state index contributed by atoms with van der Waals surface area (Å²) in [6.07, 6.45) is 3.50. The van der Waals surface area contributed by atoms with Crippen LogP contribution in [-0.2, 0) is 0 Å². The lowest BCUT2D eigenvalue weighted by atomic mass is 10.2. The molecule has 5 heteroatoms. The maximum atomic E-state index is 12.4. The van der Waals surface area contributed by atoms with Crippen LogP contribution in [0.1, 0.15) is 30.1 Å². The monoisotopic (exact) mass is 249 g/mol. The summed E-state index contributed by atoms with van der Waals surface area (Å²) in [7, 11) is 0. The first kappa shape index (κ1) is 12.8. The molecule has 0 aromatic carbocycles. The fourth-order valence-corrected chi connectivity index (χ4v) is 2.33. The second-order valence-corrected chi connectivity index (χ2v) is 4.41. The first-order valence-corrected chi connectivity index (χ1v) is 6.38. The molecule has 5 nitrogen and oxygen atoms in total. The van der Waals surface area contributed by atoms with Crippen molar-refractivity contribution in [3.05, 3.63) is 23.9 Å². The molecule has 0 spiro atoms. The quantitative estimate of drug-likeness (QED) is 0.839. The van der Waals surface area contributed by atoms with Gasteiger partial charge in [0.05, 0.1) is 18.2 Å². The summed E-state index contributed by atoms with van der Waals surface area (Å²) in [4.78, 5) is 18.4. The molecule has 1 fully saturated rings. The molecule has 1 aliphatic rings. The van der Waals surface area contributed by atoms with E-state index in [2.05, 4.69) is 10.3 Å². The average Bonchev–Trinajstić information content (AvgIpc) is 2.87. The number of hydrogen-bond donors (Lipinski definition) is 2. The number of likely N-dealkylation sites (tertiary alicyclic amines) is 1. The van der Waals surface area contributed by atoms with Gasteiger partial charge in [-0.15, -0.1) is 0 Å². The number of anilines is 1. The van der Waals surface area contributed by atoms with Crippen molar-refractivity contribution in [2.24, 2.45) is 0 Å². The Kier molecular flexibility index (Phi) is 4.15. The fourth-order valence-electron chi connectivity index (χ4n) is 2.33. The Morgan fingerprint density at radius 3 is 3.22 bits per heavy atom. The van der Waals surface area contributed by atoms with E-state index in [-0.39, 0.29) is 18.6 Å². The van der Waals surface area contributed by atoms with Crippen LogP contribution >= 0.6 is 0 Å². The summed E-state index contributed by atoms with van der Waals surface area (Å²) in [6, 6.07) is 3.49. The van der Waals surface area contributed by atoms with Crippen molar-refractivity contribution in [2.45, 2.75) is 25.8 Å². The van der Waals surface area contributed by atoms with Crippen LogP contribution in [0.5, 0.6) is 0 Å². The molecular formula is C13H19N3O2. The standard InChI is InChI=1S/C13H19N3O2/c1-2-14-12-11(6-3-7-15-12)13(18)16-8-4-5-10(16)9-17/h3,6-7,10,17H,2,4-5,8-9H2,1H3,(H,14,15). The fraction of sp³-hybridized carbons (Fsp3) is 0.538. The van der Waals surface area contributed by atoms with E-state index in [0.717, 1.165) is 19.4 Å². The number of hydrogen-bond acceptors (Lipinski definition) is 4. The Morgan fingerprint density at radius 2 is 2.50 bits per heavy atom. The van der Waals surface area contributed by atoms with Crippen LogP contribution in [0.3, 0.4) is 0 Å². The third-order valence-corrected chi connectivity index (χ3v) is 3.23. The summed E-state index contributed by atoms with van der Waals surface area (Å²) in [5.74, 6) is 0.573. The first-order valence-electron chi connectivity index (χ1n) is 6.38. The molecule has 98 valence electrons. The molecule has 1 amide bonds. The van der Waals surface area contributed by atoms with Crippen molar-refractivity contribution in [3.8, 4) is 0 Å². The lowest BCUT2D eigenvalue weighted by Gasteiger charge is -2.23. The van der Waals surface area contributed by atoms with Crippen LogP contribution in [0.15, 0.2) is 18.3 Å². The zero-order valence-corrected chi connectivity index (χ0v) is 10.6. The lowest BCUT2D eigenvalue weighted by Crippen LogP contribution is -2.38. The number of amides is 1. The van der Waals surface area contributed by atoms with Crippen molar-refractivity contribution >= 4 is 11.7 Å². The lowest BCUT2D eigenvalue weighted by molar-refractivity contribution is 0.0678. The minimum absolute atomic E-state index is 0.0303. The van der Waals surface area contributed by atoms with Crippen LogP contribution in [0.4, 0.5) is 5.82 Å². The molecule has 1 aromatic heterocycles. The van der Waals surface area contributed by atoms with Gasteiger partial charge in [-0.25, -0.2) is 4.98 Å². The van der Waals surface area contributed by atoms with Gasteiger partial charge in [0.25, 0.3) is 5.91 Å². The second kappa shape index (κ2) is 5.82. The van der Waals surface area contributed by atoms with E-state index in [9.17, 15) is 9.90 Å². The van der Waals surface area contributed by atoms with Crippen molar-refractivity contribution in [1.29, 1.82) is 0 Å². The Morgan fingerprint density at radius 1 is 1.67 bits per heavy atom. The SMILES string of the molecule is CCNc1ncccc1C(=O)N1CCCC1CO. The van der Waals surface area contributed by atoms with Crippen LogP contribution in [0.25, 0.3) is 0 Å². The van der Waals surface area contributed by atoms with E-state index >= 15 is 0 Å². The van der Waals surface area contributed by atoms with Crippen LogP contribution < -0.4 is 5.32 Å². The number of aliphatic hydroxyl groups excluding tert-OH is 1. The third-order valence-electron chi connectivity index (χ3n) is 3.23. The van der Waals surface area contributed by atoms with Crippen LogP contribution in [-0.4, -0.2) is 46.6 Å². The highest BCUT2D eigenvalue weighted by molar-refractivity contribution is 5.99. The summed E-state index contributed by atoms with van der Waals surface area (Å²) in [5, 5.41) is 12.4. The van der Waals surface area contributed by atoms with Gasteiger partial charge in [0.1, 0.15) is 5.82 Å². The minimum atomic E-state index is -0.0489. The maximum absolute atomic E-state index is 12.4. The summed E-state index contributed by atoms with van der Waals surface area (Å²) in [5.41, 5.74) is 0.583. The number of aliphatic hydroxyl groups is 1. The predicted molar refractivity (Wildman–Crippen MR) is 69.5 cm³/mol. The number of nitrogens with one attached hydrogen (secondary N) is 1.